The van der Waals surface area contributed by atoms with Crippen molar-refractivity contribution >= 4 is 42.7 Å². The van der Waals surface area contributed by atoms with Crippen molar-refractivity contribution in [2.24, 2.45) is 0 Å². The summed E-state index contributed by atoms with van der Waals surface area (Å²) in [6.07, 6.45) is 0.909. The van der Waals surface area contributed by atoms with Crippen LogP contribution in [0, 0.1) is 0 Å². The predicted molar refractivity (Wildman–Crippen MR) is 171 cm³/mol. The van der Waals surface area contributed by atoms with Crippen LogP contribution in [0.25, 0.3) is 42.4 Å². The lowest BCUT2D eigenvalue weighted by atomic mass is 9.90. The van der Waals surface area contributed by atoms with Gasteiger partial charge < -0.3 is 0 Å². The normalized spacial score (nSPS) is 12.8. The Hall–Kier alpha value is -4.72. The molecule has 1 aromatic heterocycles. The van der Waals surface area contributed by atoms with Gasteiger partial charge in [0.25, 0.3) is 0 Å². The van der Waals surface area contributed by atoms with Gasteiger partial charge in [0.1, 0.15) is 0 Å². The largest absolute Gasteiger partial charge is 0.135 e. The van der Waals surface area contributed by atoms with Crippen LogP contribution in [0.5, 0.6) is 0 Å². The minimum Gasteiger partial charge on any atom is -0.135 e. The second-order valence-corrected chi connectivity index (χ2v) is 11.5. The second-order valence-electron chi connectivity index (χ2n) is 10.5. The lowest BCUT2D eigenvalue weighted by molar-refractivity contribution is 1.25. The molecule has 0 N–H and O–H groups in total. The molecule has 0 unspecified atom stereocenters. The van der Waals surface area contributed by atoms with Gasteiger partial charge in [-0.05, 0) is 67.5 Å². The molecule has 0 spiro atoms. The maximum absolute atomic E-state index is 2.32. The van der Waals surface area contributed by atoms with Gasteiger partial charge in [-0.1, -0.05) is 140 Å². The fraction of sp³-hybridized carbons (Fsp3) is 0.0256. The first kappa shape index (κ1) is 23.2. The molecule has 0 aliphatic heterocycles. The average Bonchev–Trinajstić information content (AvgIpc) is 3.33. The van der Waals surface area contributed by atoms with Crippen LogP contribution in [-0.4, -0.2) is 0 Å². The SMILES string of the molecule is c1ccc(C2=c3ccccc3=C(c3ccc(-c4cccc5c4sc4ccccc45)cc3)c3ccccc3C2)cc1. The van der Waals surface area contributed by atoms with Crippen LogP contribution >= 0.6 is 11.3 Å². The van der Waals surface area contributed by atoms with E-state index in [2.05, 4.69) is 146 Å². The van der Waals surface area contributed by atoms with Gasteiger partial charge in [-0.15, -0.1) is 11.3 Å². The third-order valence-corrected chi connectivity index (χ3v) is 9.41. The number of rotatable bonds is 3. The molecule has 0 saturated heterocycles. The monoisotopic (exact) mass is 526 g/mol. The Labute approximate surface area is 237 Å². The molecule has 1 aliphatic carbocycles. The zero-order valence-electron chi connectivity index (χ0n) is 22.0. The molecule has 0 radical (unpaired) electrons. The highest BCUT2D eigenvalue weighted by Crippen LogP contribution is 2.40. The number of hydrogen-bond acceptors (Lipinski definition) is 1. The number of hydrogen-bond donors (Lipinski definition) is 0. The van der Waals surface area contributed by atoms with E-state index in [0.29, 0.717) is 0 Å². The standard InChI is InChI=1S/C39H26S/c1-2-11-26(12-3-1)36-25-29-13-4-5-14-30(29)38(34-17-7-6-15-32(34)36)28-23-21-27(22-24-28)31-18-10-19-35-33-16-8-9-20-37(33)40-39(31)35/h1-24H,25H2. The van der Waals surface area contributed by atoms with Crippen molar-refractivity contribution < 1.29 is 0 Å². The van der Waals surface area contributed by atoms with Gasteiger partial charge in [0.05, 0.1) is 0 Å². The Morgan fingerprint density at radius 1 is 0.425 bits per heavy atom. The van der Waals surface area contributed by atoms with Crippen molar-refractivity contribution in [2.45, 2.75) is 6.42 Å². The molecule has 0 bridgehead atoms. The van der Waals surface area contributed by atoms with Crippen LogP contribution in [0.3, 0.4) is 0 Å². The van der Waals surface area contributed by atoms with Crippen LogP contribution in [0.15, 0.2) is 146 Å². The van der Waals surface area contributed by atoms with Gasteiger partial charge in [0.15, 0.2) is 0 Å². The Morgan fingerprint density at radius 2 is 1.07 bits per heavy atom. The van der Waals surface area contributed by atoms with E-state index in [0.717, 1.165) is 6.42 Å². The van der Waals surface area contributed by atoms with E-state index < -0.39 is 0 Å². The van der Waals surface area contributed by atoms with Crippen LogP contribution in [0.2, 0.25) is 0 Å². The quantitative estimate of drug-likeness (QED) is 0.216. The number of fused-ring (bicyclic) bond motifs is 5. The summed E-state index contributed by atoms with van der Waals surface area (Å²) in [6, 6.07) is 53.4. The zero-order valence-corrected chi connectivity index (χ0v) is 22.8. The van der Waals surface area contributed by atoms with E-state index >= 15 is 0 Å². The first-order chi connectivity index (χ1) is 19.8. The average molecular weight is 527 g/mol. The molecule has 1 heterocycles. The van der Waals surface area contributed by atoms with Crippen molar-refractivity contribution in [1.29, 1.82) is 0 Å². The Morgan fingerprint density at radius 3 is 1.95 bits per heavy atom. The molecular weight excluding hydrogens is 500 g/mol. The van der Waals surface area contributed by atoms with Crippen molar-refractivity contribution in [3.05, 3.63) is 178 Å². The molecule has 0 atom stereocenters. The van der Waals surface area contributed by atoms with Crippen molar-refractivity contribution in [3.63, 3.8) is 0 Å². The molecule has 0 amide bonds. The minimum atomic E-state index is 0.909. The molecule has 0 saturated carbocycles. The van der Waals surface area contributed by atoms with E-state index in [-0.39, 0.29) is 0 Å². The van der Waals surface area contributed by atoms with E-state index in [4.69, 9.17) is 0 Å². The second kappa shape index (κ2) is 9.48. The highest BCUT2D eigenvalue weighted by Gasteiger charge is 2.18. The molecule has 7 aromatic rings. The van der Waals surface area contributed by atoms with Crippen molar-refractivity contribution in [2.75, 3.05) is 0 Å². The van der Waals surface area contributed by atoms with Gasteiger partial charge in [-0.25, -0.2) is 0 Å². The lowest BCUT2D eigenvalue weighted by Gasteiger charge is -2.14. The Kier molecular flexibility index (Phi) is 5.50. The lowest BCUT2D eigenvalue weighted by Crippen LogP contribution is -2.29. The first-order valence-corrected chi connectivity index (χ1v) is 14.6. The minimum absolute atomic E-state index is 0.909. The van der Waals surface area contributed by atoms with Gasteiger partial charge in [-0.3, -0.25) is 0 Å². The number of thiophene rings is 1. The van der Waals surface area contributed by atoms with Crippen LogP contribution in [0.4, 0.5) is 0 Å². The summed E-state index contributed by atoms with van der Waals surface area (Å²) < 4.78 is 2.70. The predicted octanol–water partition coefficient (Wildman–Crippen LogP) is 8.72. The Balaban J connectivity index is 1.36. The summed E-state index contributed by atoms with van der Waals surface area (Å²) in [5.41, 5.74) is 10.5. The van der Waals surface area contributed by atoms with Crippen LogP contribution in [0.1, 0.15) is 22.3 Å². The van der Waals surface area contributed by atoms with E-state index in [1.54, 1.807) is 0 Å². The fourth-order valence-corrected chi connectivity index (χ4v) is 7.55. The van der Waals surface area contributed by atoms with Crippen molar-refractivity contribution in [1.82, 2.24) is 0 Å². The third kappa shape index (κ3) is 3.74. The summed E-state index contributed by atoms with van der Waals surface area (Å²) >= 11 is 1.89. The van der Waals surface area contributed by atoms with Gasteiger partial charge in [0.2, 0.25) is 0 Å². The summed E-state index contributed by atoms with van der Waals surface area (Å²) in [6.45, 7) is 0. The van der Waals surface area contributed by atoms with E-state index in [1.165, 1.54) is 75.1 Å². The Bertz CT molecular complexity index is 2160. The molecule has 0 fully saturated rings. The van der Waals surface area contributed by atoms with E-state index in [9.17, 15) is 0 Å². The highest BCUT2D eigenvalue weighted by molar-refractivity contribution is 7.26. The zero-order chi connectivity index (χ0) is 26.5. The first-order valence-electron chi connectivity index (χ1n) is 13.8. The third-order valence-electron chi connectivity index (χ3n) is 8.19. The summed E-state index contributed by atoms with van der Waals surface area (Å²) in [5.74, 6) is 0. The maximum atomic E-state index is 2.32. The molecule has 40 heavy (non-hydrogen) atoms. The van der Waals surface area contributed by atoms with Gasteiger partial charge in [0, 0.05) is 20.2 Å². The molecular formula is C39H26S. The topological polar surface area (TPSA) is 0 Å². The highest BCUT2D eigenvalue weighted by atomic mass is 32.1. The summed E-state index contributed by atoms with van der Waals surface area (Å²) in [7, 11) is 0. The molecule has 1 aliphatic rings. The molecule has 1 heteroatoms. The van der Waals surface area contributed by atoms with Crippen LogP contribution < -0.4 is 10.4 Å². The van der Waals surface area contributed by atoms with E-state index in [1.807, 2.05) is 11.3 Å². The van der Waals surface area contributed by atoms with Crippen molar-refractivity contribution in [3.8, 4) is 11.1 Å². The maximum Gasteiger partial charge on any atom is 0.0433 e. The molecule has 8 rings (SSSR count). The number of benzene rings is 6. The summed E-state index contributed by atoms with van der Waals surface area (Å²) in [5, 5.41) is 5.30. The summed E-state index contributed by atoms with van der Waals surface area (Å²) in [4.78, 5) is 0. The molecule has 6 aromatic carbocycles. The van der Waals surface area contributed by atoms with Gasteiger partial charge >= 0.3 is 0 Å². The van der Waals surface area contributed by atoms with Crippen LogP contribution in [-0.2, 0) is 6.42 Å². The smallest absolute Gasteiger partial charge is 0.0433 e. The molecule has 0 nitrogen and oxygen atoms in total. The fourth-order valence-electron chi connectivity index (χ4n) is 6.31. The molecule has 188 valence electrons. The van der Waals surface area contributed by atoms with Gasteiger partial charge in [-0.2, -0.15) is 0 Å².